The Kier molecular flexibility index (Phi) is 6.67. The summed E-state index contributed by atoms with van der Waals surface area (Å²) in [7, 11) is 0. The predicted octanol–water partition coefficient (Wildman–Crippen LogP) is 1.45. The third-order valence-electron chi connectivity index (χ3n) is 1.57. The first-order valence-corrected chi connectivity index (χ1v) is 7.18. The SMILES string of the molecule is OC(CCl)CSCCSCC1CO1. The van der Waals surface area contributed by atoms with Crippen LogP contribution in [0.5, 0.6) is 0 Å². The highest BCUT2D eigenvalue weighted by Gasteiger charge is 2.21. The summed E-state index contributed by atoms with van der Waals surface area (Å²) in [6.45, 7) is 0.950. The van der Waals surface area contributed by atoms with E-state index in [-0.39, 0.29) is 6.10 Å². The molecule has 1 fully saturated rings. The third kappa shape index (κ3) is 6.91. The van der Waals surface area contributed by atoms with Crippen LogP contribution in [0.15, 0.2) is 0 Å². The summed E-state index contributed by atoms with van der Waals surface area (Å²) in [6.07, 6.45) is 0.187. The van der Waals surface area contributed by atoms with Gasteiger partial charge in [0.15, 0.2) is 0 Å². The van der Waals surface area contributed by atoms with E-state index in [4.69, 9.17) is 21.4 Å². The maximum atomic E-state index is 9.13. The molecular weight excluding hydrogens is 228 g/mol. The minimum absolute atomic E-state index is 0.343. The molecule has 2 unspecified atom stereocenters. The van der Waals surface area contributed by atoms with Gasteiger partial charge in [0.2, 0.25) is 0 Å². The molecule has 0 amide bonds. The highest BCUT2D eigenvalue weighted by atomic mass is 35.5. The molecule has 0 bridgehead atoms. The second kappa shape index (κ2) is 7.23. The van der Waals surface area contributed by atoms with Crippen LogP contribution in [0.4, 0.5) is 0 Å². The minimum Gasteiger partial charge on any atom is -0.391 e. The van der Waals surface area contributed by atoms with Gasteiger partial charge in [0, 0.05) is 28.9 Å². The summed E-state index contributed by atoms with van der Waals surface area (Å²) in [5.74, 6) is 4.45. The molecule has 0 spiro atoms. The number of hydrogen-bond donors (Lipinski definition) is 1. The van der Waals surface area contributed by atoms with Crippen molar-refractivity contribution in [1.82, 2.24) is 0 Å². The Bertz CT molecular complexity index is 133. The normalized spacial score (nSPS) is 23.1. The number of aliphatic hydroxyl groups is 1. The molecule has 1 saturated heterocycles. The van der Waals surface area contributed by atoms with E-state index in [1.54, 1.807) is 11.8 Å². The van der Waals surface area contributed by atoms with Gasteiger partial charge in [0.05, 0.1) is 18.8 Å². The molecule has 13 heavy (non-hydrogen) atoms. The third-order valence-corrected chi connectivity index (χ3v) is 4.39. The minimum atomic E-state index is -0.344. The molecule has 1 rings (SSSR count). The summed E-state index contributed by atoms with van der Waals surface area (Å²) in [4.78, 5) is 0. The molecule has 2 nitrogen and oxygen atoms in total. The zero-order valence-corrected chi connectivity index (χ0v) is 9.84. The van der Waals surface area contributed by atoms with Gasteiger partial charge in [-0.25, -0.2) is 0 Å². The van der Waals surface area contributed by atoms with Crippen molar-refractivity contribution >= 4 is 35.1 Å². The van der Waals surface area contributed by atoms with Gasteiger partial charge in [-0.2, -0.15) is 23.5 Å². The fourth-order valence-corrected chi connectivity index (χ4v) is 3.12. The summed E-state index contributed by atoms with van der Waals surface area (Å²) in [6, 6.07) is 0. The molecule has 2 atom stereocenters. The lowest BCUT2D eigenvalue weighted by molar-refractivity contribution is 0.224. The number of ether oxygens (including phenoxy) is 1. The van der Waals surface area contributed by atoms with Crippen LogP contribution in [0.2, 0.25) is 0 Å². The lowest BCUT2D eigenvalue weighted by atomic mass is 10.5. The second-order valence-corrected chi connectivity index (χ2v) is 5.52. The number of aliphatic hydroxyl groups excluding tert-OH is 1. The Morgan fingerprint density at radius 3 is 2.77 bits per heavy atom. The van der Waals surface area contributed by atoms with Gasteiger partial charge in [-0.1, -0.05) is 0 Å². The zero-order valence-electron chi connectivity index (χ0n) is 7.45. The average Bonchev–Trinajstić information content (AvgIpc) is 2.94. The molecule has 1 aliphatic rings. The van der Waals surface area contributed by atoms with Crippen molar-refractivity contribution in [2.75, 3.05) is 35.5 Å². The van der Waals surface area contributed by atoms with Crippen molar-refractivity contribution in [1.29, 1.82) is 0 Å². The van der Waals surface area contributed by atoms with Gasteiger partial charge in [-0.3, -0.25) is 0 Å². The molecule has 0 aromatic heterocycles. The van der Waals surface area contributed by atoms with Crippen LogP contribution in [-0.4, -0.2) is 52.8 Å². The first-order valence-electron chi connectivity index (χ1n) is 4.34. The topological polar surface area (TPSA) is 32.8 Å². The smallest absolute Gasteiger partial charge is 0.0900 e. The molecule has 1 aliphatic heterocycles. The largest absolute Gasteiger partial charge is 0.391 e. The van der Waals surface area contributed by atoms with Crippen molar-refractivity contribution < 1.29 is 9.84 Å². The molecule has 5 heteroatoms. The Balaban J connectivity index is 1.72. The molecule has 78 valence electrons. The van der Waals surface area contributed by atoms with E-state index in [9.17, 15) is 0 Å². The number of epoxide rings is 1. The van der Waals surface area contributed by atoms with E-state index in [0.717, 1.165) is 29.6 Å². The maximum Gasteiger partial charge on any atom is 0.0900 e. The molecule has 0 aromatic carbocycles. The molecule has 0 saturated carbocycles. The van der Waals surface area contributed by atoms with E-state index in [0.29, 0.717) is 12.0 Å². The first kappa shape index (κ1) is 12.0. The van der Waals surface area contributed by atoms with Crippen molar-refractivity contribution in [3.05, 3.63) is 0 Å². The van der Waals surface area contributed by atoms with Gasteiger partial charge in [0.25, 0.3) is 0 Å². The van der Waals surface area contributed by atoms with Gasteiger partial charge in [-0.15, -0.1) is 11.6 Å². The molecule has 1 heterocycles. The number of hydrogen-bond acceptors (Lipinski definition) is 4. The number of thioether (sulfide) groups is 2. The van der Waals surface area contributed by atoms with E-state index in [2.05, 4.69) is 0 Å². The highest BCUT2D eigenvalue weighted by Crippen LogP contribution is 2.17. The number of rotatable bonds is 8. The van der Waals surface area contributed by atoms with Crippen LogP contribution in [0, 0.1) is 0 Å². The van der Waals surface area contributed by atoms with Crippen LogP contribution >= 0.6 is 35.1 Å². The lowest BCUT2D eigenvalue weighted by Gasteiger charge is -2.05. The summed E-state index contributed by atoms with van der Waals surface area (Å²) in [5.41, 5.74) is 0. The van der Waals surface area contributed by atoms with Crippen molar-refractivity contribution in [2.24, 2.45) is 0 Å². The van der Waals surface area contributed by atoms with Crippen LogP contribution in [0.3, 0.4) is 0 Å². The van der Waals surface area contributed by atoms with Gasteiger partial charge >= 0.3 is 0 Å². The van der Waals surface area contributed by atoms with Crippen molar-refractivity contribution in [3.8, 4) is 0 Å². The first-order chi connectivity index (χ1) is 6.33. The number of alkyl halides is 1. The maximum absolute atomic E-state index is 9.13. The van der Waals surface area contributed by atoms with Crippen LogP contribution < -0.4 is 0 Å². The molecule has 0 aromatic rings. The Hall–Kier alpha value is 0.910. The molecule has 0 aliphatic carbocycles. The molecular formula is C8H15ClO2S2. The average molecular weight is 243 g/mol. The Labute approximate surface area is 92.7 Å². The molecule has 0 radical (unpaired) electrons. The molecule has 1 N–H and O–H groups in total. The van der Waals surface area contributed by atoms with Crippen LogP contribution in [0.25, 0.3) is 0 Å². The van der Waals surface area contributed by atoms with Gasteiger partial charge in [0.1, 0.15) is 0 Å². The van der Waals surface area contributed by atoms with E-state index in [1.807, 2.05) is 11.8 Å². The summed E-state index contributed by atoms with van der Waals surface area (Å²) < 4.78 is 5.09. The van der Waals surface area contributed by atoms with Gasteiger partial charge < -0.3 is 9.84 Å². The van der Waals surface area contributed by atoms with Crippen LogP contribution in [-0.2, 0) is 4.74 Å². The van der Waals surface area contributed by atoms with E-state index < -0.39 is 0 Å². The summed E-state index contributed by atoms with van der Waals surface area (Å²) in [5, 5.41) is 9.13. The quantitative estimate of drug-likeness (QED) is 0.397. The lowest BCUT2D eigenvalue weighted by Crippen LogP contribution is -2.11. The number of halogens is 1. The predicted molar refractivity (Wildman–Crippen MR) is 61.1 cm³/mol. The Morgan fingerprint density at radius 2 is 2.15 bits per heavy atom. The fourth-order valence-electron chi connectivity index (χ4n) is 0.761. The fraction of sp³-hybridized carbons (Fsp3) is 1.00. The standard InChI is InChI=1S/C8H15ClO2S2/c9-3-7(10)5-12-1-2-13-6-8-4-11-8/h7-8,10H,1-6H2. The van der Waals surface area contributed by atoms with Crippen LogP contribution in [0.1, 0.15) is 0 Å². The van der Waals surface area contributed by atoms with E-state index >= 15 is 0 Å². The second-order valence-electron chi connectivity index (χ2n) is 2.91. The van der Waals surface area contributed by atoms with Gasteiger partial charge in [-0.05, 0) is 0 Å². The summed E-state index contributed by atoms with van der Waals surface area (Å²) >= 11 is 9.14. The monoisotopic (exact) mass is 242 g/mol. The van der Waals surface area contributed by atoms with Crippen molar-refractivity contribution in [2.45, 2.75) is 12.2 Å². The zero-order chi connectivity index (χ0) is 9.52. The van der Waals surface area contributed by atoms with E-state index in [1.165, 1.54) is 0 Å². The Morgan fingerprint density at radius 1 is 1.46 bits per heavy atom. The van der Waals surface area contributed by atoms with Crippen molar-refractivity contribution in [3.63, 3.8) is 0 Å². The highest BCUT2D eigenvalue weighted by molar-refractivity contribution is 8.02.